The maximum Gasteiger partial charge on any atom is 0.515 e. The van der Waals surface area contributed by atoms with Crippen LogP contribution in [0, 0.1) is 5.41 Å². The number of anilines is 1. The molecule has 0 bridgehead atoms. The molecule has 3 rings (SSSR count). The SMILES string of the molecule is CC1(C)COB(c2c(N)cnn2Cc2ccccc2)OC1. The Morgan fingerprint density at radius 3 is 2.57 bits per heavy atom. The summed E-state index contributed by atoms with van der Waals surface area (Å²) in [6.45, 7) is 6.18. The van der Waals surface area contributed by atoms with Gasteiger partial charge in [0.15, 0.2) is 0 Å². The summed E-state index contributed by atoms with van der Waals surface area (Å²) in [6.07, 6.45) is 1.66. The summed E-state index contributed by atoms with van der Waals surface area (Å²) in [4.78, 5) is 0. The second kappa shape index (κ2) is 5.54. The Bertz CT molecular complexity index is 603. The van der Waals surface area contributed by atoms with Crippen molar-refractivity contribution in [3.8, 4) is 0 Å². The summed E-state index contributed by atoms with van der Waals surface area (Å²) in [6, 6.07) is 10.1. The molecule has 0 atom stereocenters. The fourth-order valence-corrected chi connectivity index (χ4v) is 2.40. The molecule has 6 heteroatoms. The van der Waals surface area contributed by atoms with Crippen LogP contribution in [0.15, 0.2) is 36.5 Å². The van der Waals surface area contributed by atoms with Crippen molar-refractivity contribution in [3.05, 3.63) is 42.1 Å². The molecule has 2 heterocycles. The first kappa shape index (κ1) is 14.2. The van der Waals surface area contributed by atoms with E-state index < -0.39 is 7.12 Å². The predicted octanol–water partition coefficient (Wildman–Crippen LogP) is 1.28. The standard InChI is InChI=1S/C15H20BN3O2/c1-15(2)10-20-16(21-11-15)14-13(17)8-18-19(14)9-12-6-4-3-5-7-12/h3-8H,9-11,17H2,1-2H3. The minimum absolute atomic E-state index is 0.0372. The molecule has 0 spiro atoms. The van der Waals surface area contributed by atoms with Crippen molar-refractivity contribution in [2.75, 3.05) is 18.9 Å². The van der Waals surface area contributed by atoms with Gasteiger partial charge >= 0.3 is 7.12 Å². The topological polar surface area (TPSA) is 62.3 Å². The van der Waals surface area contributed by atoms with Crippen LogP contribution in [0.1, 0.15) is 19.4 Å². The molecule has 1 saturated heterocycles. The molecular weight excluding hydrogens is 265 g/mol. The van der Waals surface area contributed by atoms with Gasteiger partial charge in [0.05, 0.1) is 24.0 Å². The van der Waals surface area contributed by atoms with Crippen LogP contribution in [0.5, 0.6) is 0 Å². The Balaban J connectivity index is 1.81. The van der Waals surface area contributed by atoms with Gasteiger partial charge < -0.3 is 15.0 Å². The van der Waals surface area contributed by atoms with Crippen molar-refractivity contribution in [1.82, 2.24) is 9.78 Å². The minimum Gasteiger partial charge on any atom is -0.406 e. The van der Waals surface area contributed by atoms with E-state index in [-0.39, 0.29) is 5.41 Å². The van der Waals surface area contributed by atoms with Gasteiger partial charge in [-0.25, -0.2) is 0 Å². The first-order valence-electron chi connectivity index (χ1n) is 7.13. The third-order valence-electron chi connectivity index (χ3n) is 3.56. The first-order valence-corrected chi connectivity index (χ1v) is 7.13. The van der Waals surface area contributed by atoms with Gasteiger partial charge in [-0.3, -0.25) is 4.68 Å². The van der Waals surface area contributed by atoms with E-state index in [0.717, 1.165) is 11.2 Å². The van der Waals surface area contributed by atoms with E-state index in [1.807, 2.05) is 22.9 Å². The number of benzene rings is 1. The Hall–Kier alpha value is -1.79. The van der Waals surface area contributed by atoms with E-state index in [4.69, 9.17) is 15.0 Å². The number of rotatable bonds is 3. The van der Waals surface area contributed by atoms with Gasteiger partial charge in [-0.1, -0.05) is 44.2 Å². The quantitative estimate of drug-likeness (QED) is 0.863. The molecule has 1 aliphatic rings. The lowest BCUT2D eigenvalue weighted by atomic mass is 9.79. The molecule has 0 unspecified atom stereocenters. The van der Waals surface area contributed by atoms with Gasteiger partial charge in [-0.15, -0.1) is 0 Å². The van der Waals surface area contributed by atoms with Gasteiger partial charge in [-0.05, 0) is 5.56 Å². The highest BCUT2D eigenvalue weighted by Crippen LogP contribution is 2.22. The summed E-state index contributed by atoms with van der Waals surface area (Å²) in [5, 5.41) is 4.35. The van der Waals surface area contributed by atoms with Crippen molar-refractivity contribution in [3.63, 3.8) is 0 Å². The molecule has 0 amide bonds. The zero-order valence-corrected chi connectivity index (χ0v) is 12.5. The second-order valence-corrected chi connectivity index (χ2v) is 6.25. The van der Waals surface area contributed by atoms with Crippen molar-refractivity contribution >= 4 is 18.4 Å². The number of nitrogen functional groups attached to an aromatic ring is 1. The van der Waals surface area contributed by atoms with Crippen molar-refractivity contribution in [1.29, 1.82) is 0 Å². The Labute approximate surface area is 125 Å². The molecular formula is C15H20BN3O2. The number of hydrogen-bond donors (Lipinski definition) is 1. The molecule has 1 aromatic carbocycles. The third kappa shape index (κ3) is 3.11. The number of nitrogens with zero attached hydrogens (tertiary/aromatic N) is 2. The van der Waals surface area contributed by atoms with Gasteiger partial charge in [0.2, 0.25) is 0 Å². The van der Waals surface area contributed by atoms with Crippen molar-refractivity contribution in [2.24, 2.45) is 5.41 Å². The van der Waals surface area contributed by atoms with Crippen LogP contribution in [0.2, 0.25) is 0 Å². The highest BCUT2D eigenvalue weighted by atomic mass is 16.6. The molecule has 2 aromatic rings. The van der Waals surface area contributed by atoms with Crippen LogP contribution in [0.3, 0.4) is 0 Å². The van der Waals surface area contributed by atoms with Crippen LogP contribution in [-0.4, -0.2) is 30.1 Å². The van der Waals surface area contributed by atoms with Crippen LogP contribution in [0.4, 0.5) is 5.69 Å². The summed E-state index contributed by atoms with van der Waals surface area (Å²) in [5.41, 5.74) is 8.66. The van der Waals surface area contributed by atoms with Crippen LogP contribution >= 0.6 is 0 Å². The largest absolute Gasteiger partial charge is 0.515 e. The Kier molecular flexibility index (Phi) is 3.74. The Morgan fingerprint density at radius 2 is 1.90 bits per heavy atom. The van der Waals surface area contributed by atoms with Crippen molar-refractivity contribution in [2.45, 2.75) is 20.4 Å². The summed E-state index contributed by atoms with van der Waals surface area (Å²) >= 11 is 0. The summed E-state index contributed by atoms with van der Waals surface area (Å²) in [5.74, 6) is 0. The Morgan fingerprint density at radius 1 is 1.24 bits per heavy atom. The van der Waals surface area contributed by atoms with Crippen LogP contribution in [0.25, 0.3) is 0 Å². The molecule has 0 saturated carbocycles. The van der Waals surface area contributed by atoms with E-state index in [0.29, 0.717) is 25.4 Å². The highest BCUT2D eigenvalue weighted by molar-refractivity contribution is 6.62. The lowest BCUT2D eigenvalue weighted by molar-refractivity contribution is 0.0337. The molecule has 0 radical (unpaired) electrons. The molecule has 1 fully saturated rings. The van der Waals surface area contributed by atoms with E-state index in [1.165, 1.54) is 0 Å². The van der Waals surface area contributed by atoms with Crippen LogP contribution < -0.4 is 11.3 Å². The zero-order valence-electron chi connectivity index (χ0n) is 12.5. The summed E-state index contributed by atoms with van der Waals surface area (Å²) in [7, 11) is -0.441. The van der Waals surface area contributed by atoms with Gasteiger partial charge in [0.1, 0.15) is 0 Å². The van der Waals surface area contributed by atoms with E-state index in [9.17, 15) is 0 Å². The molecule has 1 aromatic heterocycles. The molecule has 110 valence electrons. The minimum atomic E-state index is -0.441. The predicted molar refractivity (Wildman–Crippen MR) is 83.3 cm³/mol. The summed E-state index contributed by atoms with van der Waals surface area (Å²) < 4.78 is 13.5. The third-order valence-corrected chi connectivity index (χ3v) is 3.56. The fourth-order valence-electron chi connectivity index (χ4n) is 2.40. The van der Waals surface area contributed by atoms with E-state index in [1.54, 1.807) is 6.20 Å². The van der Waals surface area contributed by atoms with Gasteiger partial charge in [-0.2, -0.15) is 5.10 Å². The average Bonchev–Trinajstić information content (AvgIpc) is 2.81. The maximum absolute atomic E-state index is 6.05. The lowest BCUT2D eigenvalue weighted by Gasteiger charge is -2.33. The maximum atomic E-state index is 6.05. The fraction of sp³-hybridized carbons (Fsp3) is 0.400. The number of aromatic nitrogens is 2. The lowest BCUT2D eigenvalue weighted by Crippen LogP contribution is -2.50. The average molecular weight is 285 g/mol. The van der Waals surface area contributed by atoms with E-state index in [2.05, 4.69) is 31.1 Å². The van der Waals surface area contributed by atoms with Gasteiger partial charge in [0.25, 0.3) is 0 Å². The molecule has 2 N–H and O–H groups in total. The molecule has 5 nitrogen and oxygen atoms in total. The highest BCUT2D eigenvalue weighted by Gasteiger charge is 2.37. The zero-order chi connectivity index (χ0) is 14.9. The monoisotopic (exact) mass is 285 g/mol. The van der Waals surface area contributed by atoms with Gasteiger partial charge in [0, 0.05) is 18.6 Å². The van der Waals surface area contributed by atoms with Crippen molar-refractivity contribution < 1.29 is 9.31 Å². The number of hydrogen-bond acceptors (Lipinski definition) is 4. The van der Waals surface area contributed by atoms with Crippen LogP contribution in [-0.2, 0) is 15.9 Å². The first-order chi connectivity index (χ1) is 10.1. The molecule has 0 aliphatic carbocycles. The molecule has 21 heavy (non-hydrogen) atoms. The molecule has 1 aliphatic heterocycles. The van der Waals surface area contributed by atoms with E-state index >= 15 is 0 Å². The number of nitrogens with two attached hydrogens (primary N) is 1. The smallest absolute Gasteiger partial charge is 0.406 e. The normalized spacial score (nSPS) is 17.9. The second-order valence-electron chi connectivity index (χ2n) is 6.25.